The Kier molecular flexibility index (Phi) is 15.0. The number of hydrogen-bond donors (Lipinski definition) is 7. The first-order chi connectivity index (χ1) is 25.7. The highest BCUT2D eigenvalue weighted by Gasteiger charge is 2.24. The van der Waals surface area contributed by atoms with E-state index in [1.54, 1.807) is 48.5 Å². The Hall–Kier alpha value is -6.62. The highest BCUT2D eigenvalue weighted by Crippen LogP contribution is 2.19. The lowest BCUT2D eigenvalue weighted by Gasteiger charge is -2.18. The SMILES string of the molecule is O=C(CCCC(=O)NC[C@H](NC(=O)c1ccc(-c2ccccc2)cc1)C(=O)NO)NC[C@H](CC(=O)c1ccc(C#Cc2ccccc2)cc1)C(=O)NO. The second kappa shape index (κ2) is 20.3. The predicted molar refractivity (Wildman–Crippen MR) is 194 cm³/mol. The van der Waals surface area contributed by atoms with Crippen LogP contribution in [0.2, 0.25) is 0 Å². The van der Waals surface area contributed by atoms with Crippen molar-refractivity contribution in [3.63, 3.8) is 0 Å². The Morgan fingerprint density at radius 2 is 1.08 bits per heavy atom. The van der Waals surface area contributed by atoms with E-state index in [2.05, 4.69) is 27.8 Å². The Labute approximate surface area is 306 Å². The molecule has 0 bridgehead atoms. The van der Waals surface area contributed by atoms with Gasteiger partial charge in [-0.25, -0.2) is 11.0 Å². The van der Waals surface area contributed by atoms with Crippen LogP contribution in [0.4, 0.5) is 0 Å². The number of amides is 5. The van der Waals surface area contributed by atoms with Gasteiger partial charge in [0.25, 0.3) is 11.8 Å². The molecular formula is C40H39N5O8. The monoisotopic (exact) mass is 717 g/mol. The van der Waals surface area contributed by atoms with Gasteiger partial charge in [0.2, 0.25) is 17.7 Å². The topological polar surface area (TPSA) is 203 Å². The summed E-state index contributed by atoms with van der Waals surface area (Å²) < 4.78 is 0. The minimum absolute atomic E-state index is 0.101. The van der Waals surface area contributed by atoms with Gasteiger partial charge in [0.15, 0.2) is 5.78 Å². The van der Waals surface area contributed by atoms with Crippen molar-refractivity contribution < 1.29 is 39.2 Å². The molecule has 5 amide bonds. The fourth-order valence-corrected chi connectivity index (χ4v) is 5.11. The van der Waals surface area contributed by atoms with Crippen LogP contribution in [0.3, 0.4) is 0 Å². The zero-order valence-corrected chi connectivity index (χ0v) is 28.6. The number of nitrogens with one attached hydrogen (secondary N) is 5. The van der Waals surface area contributed by atoms with E-state index < -0.39 is 41.5 Å². The Bertz CT molecular complexity index is 1940. The molecule has 4 aromatic rings. The van der Waals surface area contributed by atoms with Gasteiger partial charge in [-0.05, 0) is 53.9 Å². The maximum atomic E-state index is 12.9. The molecule has 0 saturated heterocycles. The molecule has 0 aliphatic heterocycles. The van der Waals surface area contributed by atoms with Crippen molar-refractivity contribution in [3.8, 4) is 23.0 Å². The zero-order valence-electron chi connectivity index (χ0n) is 28.6. The predicted octanol–water partition coefficient (Wildman–Crippen LogP) is 3.15. The van der Waals surface area contributed by atoms with Gasteiger partial charge in [0.05, 0.1) is 5.92 Å². The Morgan fingerprint density at radius 3 is 1.66 bits per heavy atom. The van der Waals surface area contributed by atoms with E-state index in [1.807, 2.05) is 60.7 Å². The summed E-state index contributed by atoms with van der Waals surface area (Å²) in [4.78, 5) is 75.1. The lowest BCUT2D eigenvalue weighted by atomic mass is 9.96. The van der Waals surface area contributed by atoms with Gasteiger partial charge in [-0.1, -0.05) is 84.6 Å². The normalized spacial score (nSPS) is 11.4. The van der Waals surface area contributed by atoms with E-state index >= 15 is 0 Å². The average molecular weight is 718 g/mol. The maximum Gasteiger partial charge on any atom is 0.267 e. The first kappa shape index (κ1) is 39.2. The van der Waals surface area contributed by atoms with Gasteiger partial charge in [0, 0.05) is 54.6 Å². The van der Waals surface area contributed by atoms with Crippen LogP contribution >= 0.6 is 0 Å². The average Bonchev–Trinajstić information content (AvgIpc) is 3.20. The summed E-state index contributed by atoms with van der Waals surface area (Å²) >= 11 is 0. The van der Waals surface area contributed by atoms with E-state index in [-0.39, 0.29) is 50.1 Å². The molecular weight excluding hydrogens is 678 g/mol. The fourth-order valence-electron chi connectivity index (χ4n) is 5.11. The summed E-state index contributed by atoms with van der Waals surface area (Å²) in [6.45, 7) is -0.572. The van der Waals surface area contributed by atoms with Crippen LogP contribution in [-0.2, 0) is 19.2 Å². The summed E-state index contributed by atoms with van der Waals surface area (Å²) in [5.74, 6) is 1.21. The van der Waals surface area contributed by atoms with Crippen LogP contribution in [0.25, 0.3) is 11.1 Å². The van der Waals surface area contributed by atoms with Crippen molar-refractivity contribution >= 4 is 35.3 Å². The molecule has 4 rings (SSSR count). The third kappa shape index (κ3) is 12.6. The number of ketones is 1. The van der Waals surface area contributed by atoms with Crippen molar-refractivity contribution in [2.45, 2.75) is 31.7 Å². The van der Waals surface area contributed by atoms with Crippen LogP contribution in [0.5, 0.6) is 0 Å². The van der Waals surface area contributed by atoms with Gasteiger partial charge in [-0.15, -0.1) is 0 Å². The van der Waals surface area contributed by atoms with Gasteiger partial charge < -0.3 is 16.0 Å². The first-order valence-corrected chi connectivity index (χ1v) is 16.7. The van der Waals surface area contributed by atoms with Crippen LogP contribution in [-0.4, -0.2) is 64.9 Å². The van der Waals surface area contributed by atoms with Gasteiger partial charge in [-0.3, -0.25) is 39.2 Å². The third-order valence-electron chi connectivity index (χ3n) is 8.09. The summed E-state index contributed by atoms with van der Waals surface area (Å²) in [6.07, 6.45) is -0.399. The number of Topliss-reactive ketones (excluding diaryl/α,β-unsaturated/α-hetero) is 1. The molecule has 0 saturated carbocycles. The molecule has 0 fully saturated rings. The van der Waals surface area contributed by atoms with E-state index in [4.69, 9.17) is 5.21 Å². The molecule has 0 aromatic heterocycles. The number of benzene rings is 4. The molecule has 0 spiro atoms. The largest absolute Gasteiger partial charge is 0.355 e. The summed E-state index contributed by atoms with van der Waals surface area (Å²) in [7, 11) is 0. The van der Waals surface area contributed by atoms with Gasteiger partial charge in [-0.2, -0.15) is 0 Å². The van der Waals surface area contributed by atoms with Crippen molar-refractivity contribution in [1.82, 2.24) is 26.9 Å². The minimum Gasteiger partial charge on any atom is -0.355 e. The summed E-state index contributed by atoms with van der Waals surface area (Å²) in [5, 5.41) is 25.9. The molecule has 0 radical (unpaired) electrons. The number of carbonyl (C=O) groups is 6. The van der Waals surface area contributed by atoms with Crippen LogP contribution < -0.4 is 26.9 Å². The molecule has 2 atom stereocenters. The lowest BCUT2D eigenvalue weighted by Crippen LogP contribution is -2.52. The van der Waals surface area contributed by atoms with E-state index in [9.17, 15) is 34.0 Å². The number of carbonyl (C=O) groups excluding carboxylic acids is 6. The van der Waals surface area contributed by atoms with Gasteiger partial charge >= 0.3 is 0 Å². The molecule has 13 heteroatoms. The third-order valence-corrected chi connectivity index (χ3v) is 8.09. The summed E-state index contributed by atoms with van der Waals surface area (Å²) in [5.41, 5.74) is 6.99. The van der Waals surface area contributed by atoms with Crippen LogP contribution in [0, 0.1) is 17.8 Å². The first-order valence-electron chi connectivity index (χ1n) is 16.7. The standard InChI is InChI=1S/C40H39N5O8/c46-35(31-18-16-28(17-19-31)15-14-27-8-3-1-4-9-27)24-33(39(50)44-52)25-41-36(47)12-7-13-37(48)42-26-34(40(51)45-53)43-38(49)32-22-20-30(21-23-32)29-10-5-2-6-11-29/h1-6,8-11,16-23,33-34,52-53H,7,12-13,24-26H2,(H,41,47)(H,42,48)(H,43,49)(H,44,50)(H,45,51)/t33-,34-/m0/s1. The highest BCUT2D eigenvalue weighted by atomic mass is 16.5. The minimum atomic E-state index is -1.29. The molecule has 53 heavy (non-hydrogen) atoms. The Morgan fingerprint density at radius 1 is 0.566 bits per heavy atom. The van der Waals surface area contributed by atoms with Crippen LogP contribution in [0.15, 0.2) is 109 Å². The Balaban J connectivity index is 1.19. The quantitative estimate of drug-likeness (QED) is 0.0396. The zero-order chi connectivity index (χ0) is 38.0. The van der Waals surface area contributed by atoms with Crippen molar-refractivity contribution in [2.24, 2.45) is 5.92 Å². The van der Waals surface area contributed by atoms with E-state index in [1.165, 1.54) is 11.0 Å². The molecule has 272 valence electrons. The number of hydrogen-bond acceptors (Lipinski definition) is 8. The summed E-state index contributed by atoms with van der Waals surface area (Å²) in [6, 6.07) is 30.9. The number of hydroxylamine groups is 2. The molecule has 13 nitrogen and oxygen atoms in total. The molecule has 4 aromatic carbocycles. The van der Waals surface area contributed by atoms with Gasteiger partial charge in [0.1, 0.15) is 6.04 Å². The highest BCUT2D eigenvalue weighted by molar-refractivity contribution is 5.99. The lowest BCUT2D eigenvalue weighted by molar-refractivity contribution is -0.133. The van der Waals surface area contributed by atoms with Crippen LogP contribution in [0.1, 0.15) is 57.5 Å². The fraction of sp³-hybridized carbons (Fsp3) is 0.200. The second-order valence-electron chi connectivity index (χ2n) is 11.9. The molecule has 0 aliphatic carbocycles. The van der Waals surface area contributed by atoms with Crippen molar-refractivity contribution in [3.05, 3.63) is 131 Å². The molecule has 0 heterocycles. The van der Waals surface area contributed by atoms with Crippen molar-refractivity contribution in [2.75, 3.05) is 13.1 Å². The van der Waals surface area contributed by atoms with E-state index in [0.717, 1.165) is 16.7 Å². The molecule has 0 aliphatic rings. The van der Waals surface area contributed by atoms with E-state index in [0.29, 0.717) is 11.1 Å². The van der Waals surface area contributed by atoms with Crippen molar-refractivity contribution in [1.29, 1.82) is 0 Å². The molecule has 0 unspecified atom stereocenters. The maximum absolute atomic E-state index is 12.9. The molecule has 7 N–H and O–H groups in total. The number of rotatable bonds is 16. The second-order valence-corrected chi connectivity index (χ2v) is 11.9. The smallest absolute Gasteiger partial charge is 0.267 e.